The second-order valence-electron chi connectivity index (χ2n) is 4.07. The number of rotatable bonds is 3. The number of carbonyl (C=O) groups excluding carboxylic acids is 1. The van der Waals surface area contributed by atoms with Gasteiger partial charge in [0.1, 0.15) is 11.9 Å². The van der Waals surface area contributed by atoms with Crippen LogP contribution >= 0.6 is 11.8 Å². The smallest absolute Gasteiger partial charge is 0.327 e. The molecule has 1 aliphatic heterocycles. The number of carbonyl (C=O) groups is 2. The number of urea groups is 1. The Morgan fingerprint density at radius 2 is 2.21 bits per heavy atom. The highest BCUT2D eigenvalue weighted by atomic mass is 32.2. The number of amides is 2. The lowest BCUT2D eigenvalue weighted by Crippen LogP contribution is -2.46. The summed E-state index contributed by atoms with van der Waals surface area (Å²) >= 11 is 1.38. The predicted octanol–water partition coefficient (Wildman–Crippen LogP) is 1.49. The van der Waals surface area contributed by atoms with Gasteiger partial charge >= 0.3 is 12.0 Å². The standard InChI is InChI=1S/C12H13FN2O3S/c13-9-4-2-1-3-8(9)5-14-12(18)15-7-19-6-10(15)11(16)17/h1-4,10H,5-7H2,(H,14,18)(H,16,17). The molecule has 0 aliphatic carbocycles. The van der Waals surface area contributed by atoms with Crippen LogP contribution in [0.25, 0.3) is 0 Å². The second kappa shape index (κ2) is 5.92. The van der Waals surface area contributed by atoms with Gasteiger partial charge < -0.3 is 15.3 Å². The highest BCUT2D eigenvalue weighted by molar-refractivity contribution is 7.99. The number of benzene rings is 1. The van der Waals surface area contributed by atoms with E-state index < -0.39 is 23.9 Å². The summed E-state index contributed by atoms with van der Waals surface area (Å²) < 4.78 is 13.4. The quantitative estimate of drug-likeness (QED) is 0.882. The highest BCUT2D eigenvalue weighted by Crippen LogP contribution is 2.21. The molecule has 1 aliphatic rings. The van der Waals surface area contributed by atoms with E-state index in [0.29, 0.717) is 17.2 Å². The molecule has 2 N–H and O–H groups in total. The maximum absolute atomic E-state index is 13.4. The van der Waals surface area contributed by atoms with Crippen molar-refractivity contribution in [3.63, 3.8) is 0 Å². The fraction of sp³-hybridized carbons (Fsp3) is 0.333. The molecule has 2 rings (SSSR count). The maximum Gasteiger partial charge on any atom is 0.327 e. The number of thioether (sulfide) groups is 1. The minimum atomic E-state index is -1.02. The first-order valence-corrected chi connectivity index (χ1v) is 6.83. The van der Waals surface area contributed by atoms with Crippen LogP contribution in [0.4, 0.5) is 9.18 Å². The van der Waals surface area contributed by atoms with Crippen molar-refractivity contribution in [3.8, 4) is 0 Å². The van der Waals surface area contributed by atoms with Gasteiger partial charge in [-0.1, -0.05) is 18.2 Å². The van der Waals surface area contributed by atoms with E-state index in [2.05, 4.69) is 5.32 Å². The molecule has 0 saturated carbocycles. The van der Waals surface area contributed by atoms with Crippen LogP contribution in [0.5, 0.6) is 0 Å². The molecule has 1 fully saturated rings. The van der Waals surface area contributed by atoms with Crippen LogP contribution < -0.4 is 5.32 Å². The molecule has 0 aromatic heterocycles. The number of hydrogen-bond donors (Lipinski definition) is 2. The first-order chi connectivity index (χ1) is 9.09. The van der Waals surface area contributed by atoms with Gasteiger partial charge in [0, 0.05) is 17.9 Å². The van der Waals surface area contributed by atoms with Crippen molar-refractivity contribution >= 4 is 23.8 Å². The fourth-order valence-corrected chi connectivity index (χ4v) is 2.91. The lowest BCUT2D eigenvalue weighted by Gasteiger charge is -2.20. The van der Waals surface area contributed by atoms with Crippen LogP contribution in [0.2, 0.25) is 0 Å². The number of halogens is 1. The molecule has 0 bridgehead atoms. The average Bonchev–Trinajstić information content (AvgIpc) is 2.87. The van der Waals surface area contributed by atoms with E-state index in [9.17, 15) is 14.0 Å². The van der Waals surface area contributed by atoms with Crippen LogP contribution in [0.3, 0.4) is 0 Å². The Kier molecular flexibility index (Phi) is 4.26. The third-order valence-electron chi connectivity index (χ3n) is 2.82. The van der Waals surface area contributed by atoms with Crippen molar-refractivity contribution in [2.45, 2.75) is 12.6 Å². The summed E-state index contributed by atoms with van der Waals surface area (Å²) in [5, 5.41) is 11.5. The van der Waals surface area contributed by atoms with E-state index in [1.165, 1.54) is 22.7 Å². The molecular weight excluding hydrogens is 271 g/mol. The molecule has 1 aromatic carbocycles. The topological polar surface area (TPSA) is 69.6 Å². The van der Waals surface area contributed by atoms with E-state index in [4.69, 9.17) is 5.11 Å². The zero-order chi connectivity index (χ0) is 13.8. The molecule has 0 spiro atoms. The van der Waals surface area contributed by atoms with E-state index in [1.54, 1.807) is 18.2 Å². The maximum atomic E-state index is 13.4. The summed E-state index contributed by atoms with van der Waals surface area (Å²) in [6.45, 7) is 0.0407. The van der Waals surface area contributed by atoms with E-state index >= 15 is 0 Å². The second-order valence-corrected chi connectivity index (χ2v) is 5.07. The van der Waals surface area contributed by atoms with Gasteiger partial charge in [0.2, 0.25) is 0 Å². The lowest BCUT2D eigenvalue weighted by atomic mass is 10.2. The number of hydrogen-bond acceptors (Lipinski definition) is 3. The molecule has 1 unspecified atom stereocenters. The van der Waals surface area contributed by atoms with Crippen LogP contribution in [0.15, 0.2) is 24.3 Å². The van der Waals surface area contributed by atoms with Gasteiger partial charge in [-0.25, -0.2) is 14.0 Å². The molecule has 2 amide bonds. The summed E-state index contributed by atoms with van der Waals surface area (Å²) in [6, 6.07) is 4.83. The Balaban J connectivity index is 1.95. The van der Waals surface area contributed by atoms with Gasteiger partial charge in [-0.15, -0.1) is 11.8 Å². The number of carboxylic acid groups (broad SMARTS) is 1. The monoisotopic (exact) mass is 284 g/mol. The van der Waals surface area contributed by atoms with Gasteiger partial charge in [-0.3, -0.25) is 0 Å². The van der Waals surface area contributed by atoms with Crippen LogP contribution in [0, 0.1) is 5.82 Å². The van der Waals surface area contributed by atoms with Crippen LogP contribution in [0.1, 0.15) is 5.56 Å². The lowest BCUT2D eigenvalue weighted by molar-refractivity contribution is -0.140. The molecule has 102 valence electrons. The normalized spacial score (nSPS) is 18.4. The minimum Gasteiger partial charge on any atom is -0.480 e. The average molecular weight is 284 g/mol. The van der Waals surface area contributed by atoms with Gasteiger partial charge in [-0.2, -0.15) is 0 Å². The Hall–Kier alpha value is -1.76. The minimum absolute atomic E-state index is 0.0407. The molecule has 0 radical (unpaired) electrons. The fourth-order valence-electron chi connectivity index (χ4n) is 1.76. The van der Waals surface area contributed by atoms with Crippen molar-refractivity contribution in [1.82, 2.24) is 10.2 Å². The zero-order valence-electron chi connectivity index (χ0n) is 10.0. The first kappa shape index (κ1) is 13.7. The SMILES string of the molecule is O=C(O)C1CSCN1C(=O)NCc1ccccc1F. The van der Waals surface area contributed by atoms with Crippen molar-refractivity contribution in [2.75, 3.05) is 11.6 Å². The zero-order valence-corrected chi connectivity index (χ0v) is 10.8. The van der Waals surface area contributed by atoms with E-state index in [-0.39, 0.29) is 6.54 Å². The summed E-state index contributed by atoms with van der Waals surface area (Å²) in [5.41, 5.74) is 0.370. The number of nitrogens with one attached hydrogen (secondary N) is 1. The predicted molar refractivity (Wildman–Crippen MR) is 69.2 cm³/mol. The highest BCUT2D eigenvalue weighted by Gasteiger charge is 2.34. The van der Waals surface area contributed by atoms with Gasteiger partial charge in [0.25, 0.3) is 0 Å². The van der Waals surface area contributed by atoms with Crippen molar-refractivity contribution in [2.24, 2.45) is 0 Å². The Labute approximate surface area is 113 Å². The molecule has 7 heteroatoms. The Morgan fingerprint density at radius 3 is 2.89 bits per heavy atom. The van der Waals surface area contributed by atoms with E-state index in [0.717, 1.165) is 0 Å². The summed E-state index contributed by atoms with van der Waals surface area (Å²) in [5.74, 6) is -0.706. The Morgan fingerprint density at radius 1 is 1.47 bits per heavy atom. The third kappa shape index (κ3) is 3.17. The van der Waals surface area contributed by atoms with Gasteiger partial charge in [0.05, 0.1) is 5.88 Å². The van der Waals surface area contributed by atoms with Crippen LogP contribution in [-0.2, 0) is 11.3 Å². The van der Waals surface area contributed by atoms with Crippen molar-refractivity contribution < 1.29 is 19.1 Å². The largest absolute Gasteiger partial charge is 0.480 e. The molecule has 1 atom stereocenters. The number of aliphatic carboxylic acids is 1. The number of carboxylic acids is 1. The summed E-state index contributed by atoms with van der Waals surface area (Å²) in [6.07, 6.45) is 0. The molecular formula is C12H13FN2O3S. The molecule has 1 aromatic rings. The summed E-state index contributed by atoms with van der Waals surface area (Å²) in [7, 11) is 0. The van der Waals surface area contributed by atoms with Gasteiger partial charge in [-0.05, 0) is 6.07 Å². The number of nitrogens with zero attached hydrogens (tertiary/aromatic N) is 1. The molecule has 19 heavy (non-hydrogen) atoms. The van der Waals surface area contributed by atoms with E-state index in [1.807, 2.05) is 0 Å². The van der Waals surface area contributed by atoms with Gasteiger partial charge in [0.15, 0.2) is 0 Å². The Bertz CT molecular complexity index is 498. The van der Waals surface area contributed by atoms with Crippen LogP contribution in [-0.4, -0.2) is 39.7 Å². The van der Waals surface area contributed by atoms with Crippen molar-refractivity contribution in [1.29, 1.82) is 0 Å². The molecule has 1 saturated heterocycles. The molecule has 1 heterocycles. The van der Waals surface area contributed by atoms with Crippen molar-refractivity contribution in [3.05, 3.63) is 35.6 Å². The third-order valence-corrected chi connectivity index (χ3v) is 3.83. The molecule has 5 nitrogen and oxygen atoms in total. The summed E-state index contributed by atoms with van der Waals surface area (Å²) in [4.78, 5) is 24.1. The first-order valence-electron chi connectivity index (χ1n) is 5.68.